The molecule has 0 spiro atoms. The molecule has 2 heteroatoms. The van der Waals surface area contributed by atoms with Crippen LogP contribution in [-0.4, -0.2) is 11.9 Å². The quantitative estimate of drug-likeness (QED) is 0.595. The third-order valence-corrected chi connectivity index (χ3v) is 1.43. The standard InChI is InChI=1S/C7H15NO/c1-5(2)6(3)8-7(4)9/h5-6H,1-4H3,(H,8,9)/t6-/m1/s1. The number of amides is 1. The molecule has 2 nitrogen and oxygen atoms in total. The lowest BCUT2D eigenvalue weighted by molar-refractivity contribution is -0.119. The predicted molar refractivity (Wildman–Crippen MR) is 38.1 cm³/mol. The van der Waals surface area contributed by atoms with Gasteiger partial charge in [0, 0.05) is 13.0 Å². The van der Waals surface area contributed by atoms with Crippen molar-refractivity contribution in [1.82, 2.24) is 5.32 Å². The topological polar surface area (TPSA) is 29.1 Å². The maximum absolute atomic E-state index is 10.4. The average Bonchev–Trinajstić information content (AvgIpc) is 1.63. The largest absolute Gasteiger partial charge is 0.354 e. The summed E-state index contributed by atoms with van der Waals surface area (Å²) in [7, 11) is 0. The van der Waals surface area contributed by atoms with Gasteiger partial charge in [-0.05, 0) is 12.8 Å². The maximum Gasteiger partial charge on any atom is 0.217 e. The molecule has 0 aliphatic heterocycles. The fourth-order valence-corrected chi connectivity index (χ4v) is 0.487. The molecule has 0 saturated carbocycles. The molecule has 0 saturated heterocycles. The van der Waals surface area contributed by atoms with E-state index in [0.717, 1.165) is 0 Å². The van der Waals surface area contributed by atoms with Crippen LogP contribution < -0.4 is 5.32 Å². The second kappa shape index (κ2) is 3.49. The second-order valence-electron chi connectivity index (χ2n) is 2.73. The highest BCUT2D eigenvalue weighted by atomic mass is 16.1. The molecule has 0 aromatic rings. The van der Waals surface area contributed by atoms with Gasteiger partial charge in [-0.2, -0.15) is 0 Å². The van der Waals surface area contributed by atoms with Crippen LogP contribution in [0.4, 0.5) is 0 Å². The van der Waals surface area contributed by atoms with Crippen molar-refractivity contribution in [2.45, 2.75) is 33.7 Å². The summed E-state index contributed by atoms with van der Waals surface area (Å²) in [6.45, 7) is 7.71. The van der Waals surface area contributed by atoms with E-state index in [0.29, 0.717) is 12.0 Å². The summed E-state index contributed by atoms with van der Waals surface area (Å²) >= 11 is 0. The molecule has 1 amide bonds. The Hall–Kier alpha value is -0.530. The highest BCUT2D eigenvalue weighted by Crippen LogP contribution is 1.98. The second-order valence-corrected chi connectivity index (χ2v) is 2.73. The van der Waals surface area contributed by atoms with E-state index in [9.17, 15) is 4.79 Å². The van der Waals surface area contributed by atoms with Gasteiger partial charge in [-0.1, -0.05) is 13.8 Å². The Bertz CT molecular complexity index is 99.1. The first-order chi connectivity index (χ1) is 4.04. The molecule has 0 aromatic heterocycles. The summed E-state index contributed by atoms with van der Waals surface area (Å²) in [5, 5.41) is 2.80. The monoisotopic (exact) mass is 129 g/mol. The van der Waals surface area contributed by atoms with Crippen molar-refractivity contribution in [2.75, 3.05) is 0 Å². The first kappa shape index (κ1) is 8.47. The Balaban J connectivity index is 3.50. The van der Waals surface area contributed by atoms with E-state index < -0.39 is 0 Å². The van der Waals surface area contributed by atoms with E-state index in [1.165, 1.54) is 0 Å². The molecule has 0 heterocycles. The van der Waals surface area contributed by atoms with Crippen molar-refractivity contribution >= 4 is 5.91 Å². The predicted octanol–water partition coefficient (Wildman–Crippen LogP) is 1.17. The molecule has 0 fully saturated rings. The van der Waals surface area contributed by atoms with Crippen LogP contribution in [0.15, 0.2) is 0 Å². The molecular formula is C7H15NO. The van der Waals surface area contributed by atoms with Crippen LogP contribution >= 0.6 is 0 Å². The molecule has 0 aliphatic rings. The Morgan fingerprint density at radius 1 is 1.33 bits per heavy atom. The van der Waals surface area contributed by atoms with E-state index in [1.54, 1.807) is 6.92 Å². The molecule has 9 heavy (non-hydrogen) atoms. The molecule has 0 aromatic carbocycles. The van der Waals surface area contributed by atoms with Gasteiger partial charge in [0.25, 0.3) is 0 Å². The molecule has 54 valence electrons. The van der Waals surface area contributed by atoms with Gasteiger partial charge in [0.05, 0.1) is 0 Å². The fourth-order valence-electron chi connectivity index (χ4n) is 0.487. The SMILES string of the molecule is CC(=O)N[C@H](C)C(C)C. The molecular weight excluding hydrogens is 114 g/mol. The van der Waals surface area contributed by atoms with Gasteiger partial charge in [-0.3, -0.25) is 4.79 Å². The van der Waals surface area contributed by atoms with Gasteiger partial charge >= 0.3 is 0 Å². The van der Waals surface area contributed by atoms with Gasteiger partial charge in [0.15, 0.2) is 0 Å². The zero-order chi connectivity index (χ0) is 7.44. The summed E-state index contributed by atoms with van der Waals surface area (Å²) in [4.78, 5) is 10.4. The van der Waals surface area contributed by atoms with Crippen LogP contribution in [-0.2, 0) is 4.79 Å². The van der Waals surface area contributed by atoms with Gasteiger partial charge in [0.2, 0.25) is 5.91 Å². The number of carbonyl (C=O) groups is 1. The van der Waals surface area contributed by atoms with Crippen LogP contribution in [0.3, 0.4) is 0 Å². The van der Waals surface area contributed by atoms with Crippen LogP contribution in [0.5, 0.6) is 0 Å². The lowest BCUT2D eigenvalue weighted by atomic mass is 10.1. The smallest absolute Gasteiger partial charge is 0.217 e. The lowest BCUT2D eigenvalue weighted by Crippen LogP contribution is -2.34. The van der Waals surface area contributed by atoms with E-state index in [4.69, 9.17) is 0 Å². The summed E-state index contributed by atoms with van der Waals surface area (Å²) in [6.07, 6.45) is 0. The molecule has 1 atom stereocenters. The third-order valence-electron chi connectivity index (χ3n) is 1.43. The maximum atomic E-state index is 10.4. The van der Waals surface area contributed by atoms with Crippen LogP contribution in [0.2, 0.25) is 0 Å². The first-order valence-corrected chi connectivity index (χ1v) is 3.31. The average molecular weight is 129 g/mol. The van der Waals surface area contributed by atoms with E-state index >= 15 is 0 Å². The molecule has 0 radical (unpaired) electrons. The summed E-state index contributed by atoms with van der Waals surface area (Å²) in [5.74, 6) is 0.574. The van der Waals surface area contributed by atoms with Gasteiger partial charge < -0.3 is 5.32 Å². The molecule has 1 N–H and O–H groups in total. The van der Waals surface area contributed by atoms with Crippen LogP contribution in [0.1, 0.15) is 27.7 Å². The Morgan fingerprint density at radius 3 is 1.89 bits per heavy atom. The molecule has 0 rings (SSSR count). The van der Waals surface area contributed by atoms with Gasteiger partial charge in [0.1, 0.15) is 0 Å². The van der Waals surface area contributed by atoms with Crippen LogP contribution in [0.25, 0.3) is 0 Å². The third kappa shape index (κ3) is 4.01. The number of nitrogens with one attached hydrogen (secondary N) is 1. The zero-order valence-electron chi connectivity index (χ0n) is 6.56. The summed E-state index contributed by atoms with van der Waals surface area (Å²) in [5.41, 5.74) is 0. The zero-order valence-corrected chi connectivity index (χ0v) is 6.56. The van der Waals surface area contributed by atoms with Crippen molar-refractivity contribution in [1.29, 1.82) is 0 Å². The Kier molecular flexibility index (Phi) is 3.28. The summed E-state index contributed by atoms with van der Waals surface area (Å²) < 4.78 is 0. The Labute approximate surface area is 56.6 Å². The van der Waals surface area contributed by atoms with Crippen molar-refractivity contribution in [2.24, 2.45) is 5.92 Å². The fraction of sp³-hybridized carbons (Fsp3) is 0.857. The number of hydrogen-bond acceptors (Lipinski definition) is 1. The number of rotatable bonds is 2. The molecule has 0 bridgehead atoms. The van der Waals surface area contributed by atoms with Gasteiger partial charge in [-0.25, -0.2) is 0 Å². The molecule has 0 aliphatic carbocycles. The van der Waals surface area contributed by atoms with Crippen molar-refractivity contribution in [3.8, 4) is 0 Å². The number of carbonyl (C=O) groups excluding carboxylic acids is 1. The minimum atomic E-state index is 0.0520. The van der Waals surface area contributed by atoms with Crippen molar-refractivity contribution in [3.63, 3.8) is 0 Å². The minimum absolute atomic E-state index is 0.0520. The molecule has 0 unspecified atom stereocenters. The van der Waals surface area contributed by atoms with Crippen molar-refractivity contribution in [3.05, 3.63) is 0 Å². The first-order valence-electron chi connectivity index (χ1n) is 3.31. The van der Waals surface area contributed by atoms with E-state index in [2.05, 4.69) is 19.2 Å². The van der Waals surface area contributed by atoms with Gasteiger partial charge in [-0.15, -0.1) is 0 Å². The highest BCUT2D eigenvalue weighted by Gasteiger charge is 2.05. The highest BCUT2D eigenvalue weighted by molar-refractivity contribution is 5.73. The normalized spacial score (nSPS) is 13.4. The van der Waals surface area contributed by atoms with E-state index in [-0.39, 0.29) is 5.91 Å². The van der Waals surface area contributed by atoms with Crippen molar-refractivity contribution < 1.29 is 4.79 Å². The Morgan fingerprint density at radius 2 is 1.78 bits per heavy atom. The lowest BCUT2D eigenvalue weighted by Gasteiger charge is -2.15. The summed E-state index contributed by atoms with van der Waals surface area (Å²) in [6, 6.07) is 0.294. The minimum Gasteiger partial charge on any atom is -0.354 e. The van der Waals surface area contributed by atoms with E-state index in [1.807, 2.05) is 6.92 Å². The number of hydrogen-bond donors (Lipinski definition) is 1. The van der Waals surface area contributed by atoms with Crippen LogP contribution in [0, 0.1) is 5.92 Å².